The van der Waals surface area contributed by atoms with Gasteiger partial charge in [-0.2, -0.15) is 5.10 Å². The summed E-state index contributed by atoms with van der Waals surface area (Å²) in [6.45, 7) is 2.13. The van der Waals surface area contributed by atoms with E-state index in [4.69, 9.17) is 4.74 Å². The molecule has 1 aromatic heterocycles. The second-order valence-electron chi connectivity index (χ2n) is 4.83. The van der Waals surface area contributed by atoms with Crippen molar-refractivity contribution in [1.29, 1.82) is 0 Å². The zero-order valence-corrected chi connectivity index (χ0v) is 9.56. The standard InChI is InChI=1S/C12H19N3O/c1-2-4-11(3-1)16-12-8-14-15(9-12)10-5-6-13-7-10/h8-11,13H,1-7H2. The van der Waals surface area contributed by atoms with Gasteiger partial charge in [-0.25, -0.2) is 0 Å². The van der Waals surface area contributed by atoms with E-state index in [1.165, 1.54) is 32.1 Å². The molecule has 1 aliphatic heterocycles. The molecule has 0 aromatic carbocycles. The van der Waals surface area contributed by atoms with Crippen molar-refractivity contribution >= 4 is 0 Å². The van der Waals surface area contributed by atoms with Crippen molar-refractivity contribution in [3.63, 3.8) is 0 Å². The first-order valence-corrected chi connectivity index (χ1v) is 6.33. The zero-order valence-electron chi connectivity index (χ0n) is 9.56. The Morgan fingerprint density at radius 3 is 2.94 bits per heavy atom. The number of nitrogens with zero attached hydrogens (tertiary/aromatic N) is 2. The van der Waals surface area contributed by atoms with Crippen molar-refractivity contribution in [2.75, 3.05) is 13.1 Å². The van der Waals surface area contributed by atoms with E-state index in [0.29, 0.717) is 12.1 Å². The summed E-state index contributed by atoms with van der Waals surface area (Å²) < 4.78 is 7.96. The van der Waals surface area contributed by atoms with E-state index in [1.807, 2.05) is 10.9 Å². The summed E-state index contributed by atoms with van der Waals surface area (Å²) >= 11 is 0. The average Bonchev–Trinajstić information content (AvgIpc) is 2.99. The van der Waals surface area contributed by atoms with E-state index in [9.17, 15) is 0 Å². The van der Waals surface area contributed by atoms with Gasteiger partial charge < -0.3 is 10.1 Å². The van der Waals surface area contributed by atoms with Crippen LogP contribution in [0.25, 0.3) is 0 Å². The zero-order chi connectivity index (χ0) is 10.8. The Balaban J connectivity index is 1.62. The summed E-state index contributed by atoms with van der Waals surface area (Å²) in [7, 11) is 0. The van der Waals surface area contributed by atoms with Crippen LogP contribution < -0.4 is 10.1 Å². The number of ether oxygens (including phenoxy) is 1. The fourth-order valence-electron chi connectivity index (χ4n) is 2.65. The maximum Gasteiger partial charge on any atom is 0.157 e. The minimum Gasteiger partial charge on any atom is -0.487 e. The molecule has 0 bridgehead atoms. The molecule has 3 rings (SSSR count). The molecule has 1 aromatic rings. The molecule has 1 unspecified atom stereocenters. The monoisotopic (exact) mass is 221 g/mol. The summed E-state index contributed by atoms with van der Waals surface area (Å²) in [5, 5.41) is 7.74. The Kier molecular flexibility index (Phi) is 2.82. The van der Waals surface area contributed by atoms with E-state index < -0.39 is 0 Å². The first-order chi connectivity index (χ1) is 7.92. The highest BCUT2D eigenvalue weighted by Gasteiger charge is 2.20. The molecule has 88 valence electrons. The molecule has 1 saturated heterocycles. The van der Waals surface area contributed by atoms with Crippen molar-refractivity contribution in [2.45, 2.75) is 44.2 Å². The van der Waals surface area contributed by atoms with E-state index >= 15 is 0 Å². The van der Waals surface area contributed by atoms with Crippen LogP contribution in [0.5, 0.6) is 5.75 Å². The fourth-order valence-corrected chi connectivity index (χ4v) is 2.65. The largest absolute Gasteiger partial charge is 0.487 e. The fraction of sp³-hybridized carbons (Fsp3) is 0.750. The van der Waals surface area contributed by atoms with Gasteiger partial charge in [0.05, 0.1) is 24.5 Å². The topological polar surface area (TPSA) is 39.1 Å². The molecule has 0 spiro atoms. The number of rotatable bonds is 3. The molecule has 16 heavy (non-hydrogen) atoms. The summed E-state index contributed by atoms with van der Waals surface area (Å²) in [4.78, 5) is 0. The molecule has 4 heteroatoms. The van der Waals surface area contributed by atoms with Crippen LogP contribution in [0.2, 0.25) is 0 Å². The molecule has 0 amide bonds. The van der Waals surface area contributed by atoms with Crippen LogP contribution in [0.3, 0.4) is 0 Å². The predicted molar refractivity (Wildman–Crippen MR) is 61.6 cm³/mol. The van der Waals surface area contributed by atoms with Crippen molar-refractivity contribution in [2.24, 2.45) is 0 Å². The molecule has 2 fully saturated rings. The highest BCUT2D eigenvalue weighted by atomic mass is 16.5. The second kappa shape index (κ2) is 4.45. The van der Waals surface area contributed by atoms with Crippen molar-refractivity contribution in [3.8, 4) is 5.75 Å². The lowest BCUT2D eigenvalue weighted by Gasteiger charge is -2.11. The average molecular weight is 221 g/mol. The van der Waals surface area contributed by atoms with E-state index in [0.717, 1.165) is 18.8 Å². The predicted octanol–water partition coefficient (Wildman–Crippen LogP) is 1.74. The summed E-state index contributed by atoms with van der Waals surface area (Å²) in [6, 6.07) is 0.515. The highest BCUT2D eigenvalue weighted by molar-refractivity contribution is 5.13. The first kappa shape index (κ1) is 10.1. The van der Waals surface area contributed by atoms with Crippen LogP contribution in [0.15, 0.2) is 12.4 Å². The van der Waals surface area contributed by atoms with E-state index in [1.54, 1.807) is 0 Å². The quantitative estimate of drug-likeness (QED) is 0.845. The minimum atomic E-state index is 0.430. The van der Waals surface area contributed by atoms with Crippen LogP contribution in [-0.2, 0) is 0 Å². The molecule has 1 atom stereocenters. The number of nitrogens with one attached hydrogen (secondary N) is 1. The summed E-state index contributed by atoms with van der Waals surface area (Å²) in [6.07, 6.45) is 10.5. The minimum absolute atomic E-state index is 0.430. The van der Waals surface area contributed by atoms with Crippen LogP contribution >= 0.6 is 0 Å². The smallest absolute Gasteiger partial charge is 0.157 e. The molecule has 2 aliphatic rings. The van der Waals surface area contributed by atoms with Gasteiger partial charge in [-0.15, -0.1) is 0 Å². The third-order valence-electron chi connectivity index (χ3n) is 3.59. The number of hydrogen-bond donors (Lipinski definition) is 1. The third-order valence-corrected chi connectivity index (χ3v) is 3.59. The van der Waals surface area contributed by atoms with Gasteiger partial charge in [0.25, 0.3) is 0 Å². The normalized spacial score (nSPS) is 26.4. The second-order valence-corrected chi connectivity index (χ2v) is 4.83. The molecule has 0 radical (unpaired) electrons. The van der Waals surface area contributed by atoms with Crippen LogP contribution in [0, 0.1) is 0 Å². The highest BCUT2D eigenvalue weighted by Crippen LogP contribution is 2.25. The first-order valence-electron chi connectivity index (χ1n) is 6.33. The van der Waals surface area contributed by atoms with E-state index in [2.05, 4.69) is 16.6 Å². The number of hydrogen-bond acceptors (Lipinski definition) is 3. The molecule has 4 nitrogen and oxygen atoms in total. The van der Waals surface area contributed by atoms with Gasteiger partial charge in [0.2, 0.25) is 0 Å². The van der Waals surface area contributed by atoms with Crippen molar-refractivity contribution in [1.82, 2.24) is 15.1 Å². The maximum absolute atomic E-state index is 5.91. The Morgan fingerprint density at radius 1 is 1.31 bits per heavy atom. The molecule has 2 heterocycles. The van der Waals surface area contributed by atoms with Gasteiger partial charge in [0, 0.05) is 6.54 Å². The Hall–Kier alpha value is -1.03. The molecule has 1 N–H and O–H groups in total. The van der Waals surface area contributed by atoms with Crippen LogP contribution in [0.4, 0.5) is 0 Å². The number of aromatic nitrogens is 2. The van der Waals surface area contributed by atoms with Gasteiger partial charge in [0.1, 0.15) is 0 Å². The maximum atomic E-state index is 5.91. The van der Waals surface area contributed by atoms with Gasteiger partial charge in [-0.05, 0) is 38.6 Å². The summed E-state index contributed by atoms with van der Waals surface area (Å²) in [5.74, 6) is 0.943. The Morgan fingerprint density at radius 2 is 2.19 bits per heavy atom. The van der Waals surface area contributed by atoms with Gasteiger partial charge in [0.15, 0.2) is 5.75 Å². The summed E-state index contributed by atoms with van der Waals surface area (Å²) in [5.41, 5.74) is 0. The molecular weight excluding hydrogens is 202 g/mol. The molecular formula is C12H19N3O. The Bertz CT molecular complexity index is 338. The lowest BCUT2D eigenvalue weighted by molar-refractivity contribution is 0.209. The Labute approximate surface area is 96.0 Å². The molecule has 1 aliphatic carbocycles. The van der Waals surface area contributed by atoms with Gasteiger partial charge in [-0.3, -0.25) is 4.68 Å². The van der Waals surface area contributed by atoms with Crippen LogP contribution in [0.1, 0.15) is 38.1 Å². The lowest BCUT2D eigenvalue weighted by atomic mass is 10.3. The third kappa shape index (κ3) is 2.07. The molecule has 1 saturated carbocycles. The SMILES string of the molecule is c1nn(C2CCNC2)cc1OC1CCCC1. The van der Waals surface area contributed by atoms with E-state index in [-0.39, 0.29) is 0 Å². The van der Waals surface area contributed by atoms with Crippen molar-refractivity contribution < 1.29 is 4.74 Å². The van der Waals surface area contributed by atoms with Crippen molar-refractivity contribution in [3.05, 3.63) is 12.4 Å². The van der Waals surface area contributed by atoms with Gasteiger partial charge >= 0.3 is 0 Å². The lowest BCUT2D eigenvalue weighted by Crippen LogP contribution is -2.13. The van der Waals surface area contributed by atoms with Gasteiger partial charge in [-0.1, -0.05) is 0 Å². The van der Waals surface area contributed by atoms with Crippen LogP contribution in [-0.4, -0.2) is 29.0 Å².